The van der Waals surface area contributed by atoms with Gasteiger partial charge in [-0.05, 0) is 12.0 Å². The molecule has 0 bridgehead atoms. The van der Waals surface area contributed by atoms with Gasteiger partial charge in [0.15, 0.2) is 11.7 Å². The summed E-state index contributed by atoms with van der Waals surface area (Å²) in [6.45, 7) is 3.20. The summed E-state index contributed by atoms with van der Waals surface area (Å²) in [6, 6.07) is 12.1. The van der Waals surface area contributed by atoms with E-state index in [2.05, 4.69) is 44.5 Å². The lowest BCUT2D eigenvalue weighted by molar-refractivity contribution is 0.371. The highest BCUT2D eigenvalue weighted by atomic mass is 16.5. The normalized spacial score (nSPS) is 11.6. The van der Waals surface area contributed by atoms with E-state index in [-0.39, 0.29) is 0 Å². The summed E-state index contributed by atoms with van der Waals surface area (Å²) >= 11 is 0. The van der Waals surface area contributed by atoms with Gasteiger partial charge in [0.1, 0.15) is 5.82 Å². The molecule has 0 unspecified atom stereocenters. The van der Waals surface area contributed by atoms with Gasteiger partial charge < -0.3 is 19.7 Å². The van der Waals surface area contributed by atoms with Gasteiger partial charge >= 0.3 is 0 Å². The number of hydrogen-bond acceptors (Lipinski definition) is 4. The molecule has 1 aromatic carbocycles. The summed E-state index contributed by atoms with van der Waals surface area (Å²) in [4.78, 5) is 14.2. The molecule has 3 rings (SSSR count). The molecule has 0 radical (unpaired) electrons. The number of rotatable bonds is 6. The zero-order valence-corrected chi connectivity index (χ0v) is 15.4. The molecule has 0 atom stereocenters. The van der Waals surface area contributed by atoms with Crippen LogP contribution < -0.4 is 5.32 Å². The monoisotopic (exact) mass is 352 g/mol. The van der Waals surface area contributed by atoms with Crippen LogP contribution in [-0.4, -0.2) is 40.1 Å². The van der Waals surface area contributed by atoms with Crippen LogP contribution in [0.1, 0.15) is 24.2 Å². The molecule has 2 heterocycles. The predicted molar refractivity (Wildman–Crippen MR) is 102 cm³/mol. The third-order valence-electron chi connectivity index (χ3n) is 4.06. The number of nitrogens with one attached hydrogen (secondary N) is 2. The molecule has 0 aliphatic carbocycles. The summed E-state index contributed by atoms with van der Waals surface area (Å²) < 4.78 is 5.30. The topological polar surface area (TPSA) is 82.3 Å². The number of hydrogen-bond donors (Lipinski definition) is 2. The lowest BCUT2D eigenvalue weighted by atomic mass is 10.2. The summed E-state index contributed by atoms with van der Waals surface area (Å²) in [7, 11) is 3.73. The fraction of sp³-hybridized carbons (Fsp3) is 0.316. The van der Waals surface area contributed by atoms with Crippen LogP contribution in [0.2, 0.25) is 0 Å². The van der Waals surface area contributed by atoms with Crippen LogP contribution in [0.4, 0.5) is 0 Å². The minimum atomic E-state index is 0.539. The third kappa shape index (κ3) is 4.30. The van der Waals surface area contributed by atoms with E-state index < -0.39 is 0 Å². The first-order valence-corrected chi connectivity index (χ1v) is 8.65. The van der Waals surface area contributed by atoms with Gasteiger partial charge in [0, 0.05) is 20.2 Å². The second-order valence-electron chi connectivity index (χ2n) is 6.00. The average molecular weight is 352 g/mol. The van der Waals surface area contributed by atoms with Crippen LogP contribution in [0, 0.1) is 0 Å². The molecule has 26 heavy (non-hydrogen) atoms. The second kappa shape index (κ2) is 8.33. The Labute approximate surface area is 153 Å². The summed E-state index contributed by atoms with van der Waals surface area (Å²) in [5.41, 5.74) is 3.08. The van der Waals surface area contributed by atoms with Crippen LogP contribution in [0.15, 0.2) is 52.1 Å². The largest absolute Gasteiger partial charge is 0.359 e. The van der Waals surface area contributed by atoms with E-state index in [1.54, 1.807) is 7.05 Å². The Morgan fingerprint density at radius 2 is 2.12 bits per heavy atom. The summed E-state index contributed by atoms with van der Waals surface area (Å²) in [5, 5.41) is 7.28. The maximum Gasteiger partial charge on any atom is 0.194 e. The first-order valence-electron chi connectivity index (χ1n) is 8.65. The van der Waals surface area contributed by atoms with Gasteiger partial charge in [-0.15, -0.1) is 0 Å². The molecule has 7 nitrogen and oxygen atoms in total. The molecule has 0 aliphatic heterocycles. The molecule has 0 spiro atoms. The van der Waals surface area contributed by atoms with Crippen molar-refractivity contribution in [2.45, 2.75) is 26.4 Å². The predicted octanol–water partition coefficient (Wildman–Crippen LogP) is 2.83. The SMILES string of the molecule is CCc1cc(CNC(=NC)N(C)Cc2ncc(-c3ccccc3)[nH]2)on1. The molecule has 2 N–H and O–H groups in total. The Morgan fingerprint density at radius 1 is 1.31 bits per heavy atom. The first-order chi connectivity index (χ1) is 12.7. The quantitative estimate of drug-likeness (QED) is 0.526. The molecule has 136 valence electrons. The van der Waals surface area contributed by atoms with Gasteiger partial charge in [0.25, 0.3) is 0 Å². The first kappa shape index (κ1) is 17.7. The fourth-order valence-electron chi connectivity index (χ4n) is 2.66. The van der Waals surface area contributed by atoms with Gasteiger partial charge in [-0.3, -0.25) is 4.99 Å². The Bertz CT molecular complexity index is 852. The Kier molecular flexibility index (Phi) is 5.68. The van der Waals surface area contributed by atoms with Crippen molar-refractivity contribution < 1.29 is 4.52 Å². The summed E-state index contributed by atoms with van der Waals surface area (Å²) in [6.07, 6.45) is 2.72. The number of aliphatic imine (C=N–C) groups is 1. The van der Waals surface area contributed by atoms with E-state index >= 15 is 0 Å². The highest BCUT2D eigenvalue weighted by molar-refractivity contribution is 5.79. The summed E-state index contributed by atoms with van der Waals surface area (Å²) in [5.74, 6) is 2.43. The van der Waals surface area contributed by atoms with Crippen LogP contribution >= 0.6 is 0 Å². The number of H-pyrrole nitrogens is 1. The van der Waals surface area contributed by atoms with Crippen molar-refractivity contribution in [1.29, 1.82) is 0 Å². The molecular formula is C19H24N6O. The molecular weight excluding hydrogens is 328 g/mol. The zero-order chi connectivity index (χ0) is 18.4. The van der Waals surface area contributed by atoms with E-state index in [4.69, 9.17) is 4.52 Å². The van der Waals surface area contributed by atoms with E-state index in [9.17, 15) is 0 Å². The van der Waals surface area contributed by atoms with Gasteiger partial charge in [-0.2, -0.15) is 0 Å². The number of imidazole rings is 1. The van der Waals surface area contributed by atoms with Gasteiger partial charge in [0.05, 0.1) is 30.7 Å². The van der Waals surface area contributed by atoms with Crippen molar-refractivity contribution >= 4 is 5.96 Å². The lowest BCUT2D eigenvalue weighted by Crippen LogP contribution is -2.38. The van der Waals surface area contributed by atoms with Crippen LogP contribution in [0.25, 0.3) is 11.3 Å². The van der Waals surface area contributed by atoms with Crippen molar-refractivity contribution in [2.24, 2.45) is 4.99 Å². The molecule has 0 saturated carbocycles. The standard InChI is InChI=1S/C19H24N6O/c1-4-15-10-16(26-24-15)11-22-19(20-2)25(3)13-18-21-12-17(23-18)14-8-6-5-7-9-14/h5-10,12H,4,11,13H2,1-3H3,(H,20,22)(H,21,23). The molecule has 0 aliphatic rings. The van der Waals surface area contributed by atoms with Crippen molar-refractivity contribution in [2.75, 3.05) is 14.1 Å². The van der Waals surface area contributed by atoms with Crippen LogP contribution in [-0.2, 0) is 19.5 Å². The Morgan fingerprint density at radius 3 is 2.81 bits per heavy atom. The van der Waals surface area contributed by atoms with Crippen molar-refractivity contribution in [3.63, 3.8) is 0 Å². The number of aryl methyl sites for hydroxylation is 1. The minimum absolute atomic E-state index is 0.539. The van der Waals surface area contributed by atoms with Crippen molar-refractivity contribution in [3.8, 4) is 11.3 Å². The van der Waals surface area contributed by atoms with E-state index in [1.807, 2.05) is 42.4 Å². The van der Waals surface area contributed by atoms with Crippen LogP contribution in [0.3, 0.4) is 0 Å². The van der Waals surface area contributed by atoms with Gasteiger partial charge in [0.2, 0.25) is 0 Å². The highest BCUT2D eigenvalue weighted by Crippen LogP contribution is 2.16. The van der Waals surface area contributed by atoms with Crippen molar-refractivity contribution in [3.05, 3.63) is 59.9 Å². The minimum Gasteiger partial charge on any atom is -0.359 e. The number of aromatic nitrogens is 3. The number of nitrogens with zero attached hydrogens (tertiary/aromatic N) is 4. The van der Waals surface area contributed by atoms with E-state index in [0.29, 0.717) is 13.1 Å². The molecule has 2 aromatic heterocycles. The van der Waals surface area contributed by atoms with Crippen molar-refractivity contribution in [1.82, 2.24) is 25.3 Å². The third-order valence-corrected chi connectivity index (χ3v) is 4.06. The molecule has 3 aromatic rings. The Hall–Kier alpha value is -3.09. The van der Waals surface area contributed by atoms with Crippen LogP contribution in [0.5, 0.6) is 0 Å². The lowest BCUT2D eigenvalue weighted by Gasteiger charge is -2.20. The average Bonchev–Trinajstić information content (AvgIpc) is 3.32. The second-order valence-corrected chi connectivity index (χ2v) is 6.00. The van der Waals surface area contributed by atoms with Gasteiger partial charge in [-0.1, -0.05) is 42.4 Å². The van der Waals surface area contributed by atoms with E-state index in [1.165, 1.54) is 0 Å². The fourth-order valence-corrected chi connectivity index (χ4v) is 2.66. The number of benzene rings is 1. The maximum atomic E-state index is 5.30. The molecule has 7 heteroatoms. The number of guanidine groups is 1. The van der Waals surface area contributed by atoms with Gasteiger partial charge in [-0.25, -0.2) is 4.98 Å². The molecule has 0 amide bonds. The smallest absolute Gasteiger partial charge is 0.194 e. The Balaban J connectivity index is 1.59. The number of aromatic amines is 1. The molecule has 0 fully saturated rings. The molecule has 0 saturated heterocycles. The zero-order valence-electron chi connectivity index (χ0n) is 15.4. The maximum absolute atomic E-state index is 5.30. The highest BCUT2D eigenvalue weighted by Gasteiger charge is 2.11. The van der Waals surface area contributed by atoms with E-state index in [0.717, 1.165) is 40.9 Å².